The molecular formula is C22H40O11. The van der Waals surface area contributed by atoms with Crippen molar-refractivity contribution in [3.05, 3.63) is 11.5 Å². The molecule has 0 amide bonds. The van der Waals surface area contributed by atoms with E-state index in [0.717, 1.165) is 25.7 Å². The summed E-state index contributed by atoms with van der Waals surface area (Å²) < 4.78 is 21.7. The fourth-order valence-electron chi connectivity index (χ4n) is 3.86. The van der Waals surface area contributed by atoms with Crippen LogP contribution in [0.15, 0.2) is 11.5 Å². The SMILES string of the molecule is CCCCCCCCCCO[C@@H]1O[C@H](CO)C(O[C@H]2O[C@H](CO)[C@@H](O)[C@H](O)[C@H]2O)=C(O)[C@H]1O. The van der Waals surface area contributed by atoms with Crippen molar-refractivity contribution in [1.29, 1.82) is 0 Å². The molecule has 2 aliphatic rings. The molecule has 0 aromatic carbocycles. The van der Waals surface area contributed by atoms with E-state index in [1.807, 2.05) is 0 Å². The summed E-state index contributed by atoms with van der Waals surface area (Å²) in [5.74, 6) is -1.07. The molecule has 0 aromatic rings. The van der Waals surface area contributed by atoms with E-state index in [-0.39, 0.29) is 0 Å². The van der Waals surface area contributed by atoms with Crippen molar-refractivity contribution in [2.45, 2.75) is 107 Å². The van der Waals surface area contributed by atoms with Crippen LogP contribution in [-0.4, -0.2) is 105 Å². The highest BCUT2D eigenvalue weighted by Crippen LogP contribution is 2.31. The third kappa shape index (κ3) is 7.74. The second-order valence-corrected chi connectivity index (χ2v) is 8.53. The monoisotopic (exact) mass is 480 g/mol. The molecule has 2 heterocycles. The maximum absolute atomic E-state index is 10.4. The smallest absolute Gasteiger partial charge is 0.229 e. The van der Waals surface area contributed by atoms with Crippen LogP contribution in [0.25, 0.3) is 0 Å². The third-order valence-electron chi connectivity index (χ3n) is 5.92. The first-order valence-corrected chi connectivity index (χ1v) is 11.8. The molecule has 194 valence electrons. The first-order chi connectivity index (χ1) is 15.8. The van der Waals surface area contributed by atoms with Gasteiger partial charge in [0.1, 0.15) is 30.5 Å². The van der Waals surface area contributed by atoms with E-state index >= 15 is 0 Å². The maximum Gasteiger partial charge on any atom is 0.229 e. The molecule has 0 saturated carbocycles. The summed E-state index contributed by atoms with van der Waals surface area (Å²) in [4.78, 5) is 0. The van der Waals surface area contributed by atoms with Gasteiger partial charge in [-0.3, -0.25) is 0 Å². The highest BCUT2D eigenvalue weighted by Gasteiger charge is 2.47. The van der Waals surface area contributed by atoms with Gasteiger partial charge in [0.15, 0.2) is 23.9 Å². The number of unbranched alkanes of at least 4 members (excludes halogenated alkanes) is 7. The van der Waals surface area contributed by atoms with Gasteiger partial charge in [0.2, 0.25) is 6.29 Å². The Morgan fingerprint density at radius 2 is 1.39 bits per heavy atom. The van der Waals surface area contributed by atoms with Crippen molar-refractivity contribution in [3.63, 3.8) is 0 Å². The van der Waals surface area contributed by atoms with Gasteiger partial charge in [-0.1, -0.05) is 51.9 Å². The number of hydrogen-bond donors (Lipinski definition) is 7. The van der Waals surface area contributed by atoms with E-state index in [2.05, 4.69) is 6.92 Å². The van der Waals surface area contributed by atoms with Crippen molar-refractivity contribution in [1.82, 2.24) is 0 Å². The first kappa shape index (κ1) is 28.2. The van der Waals surface area contributed by atoms with Gasteiger partial charge in [0.25, 0.3) is 0 Å². The zero-order valence-corrected chi connectivity index (χ0v) is 19.2. The zero-order chi connectivity index (χ0) is 24.4. The summed E-state index contributed by atoms with van der Waals surface area (Å²) in [7, 11) is 0. The molecule has 0 unspecified atom stereocenters. The van der Waals surface area contributed by atoms with Crippen LogP contribution in [0, 0.1) is 0 Å². The average Bonchev–Trinajstić information content (AvgIpc) is 2.82. The predicted molar refractivity (Wildman–Crippen MR) is 115 cm³/mol. The molecule has 1 saturated heterocycles. The minimum absolute atomic E-state index is 0.297. The lowest BCUT2D eigenvalue weighted by atomic mass is 9.99. The van der Waals surface area contributed by atoms with Gasteiger partial charge in [-0.25, -0.2) is 0 Å². The topological polar surface area (TPSA) is 179 Å². The van der Waals surface area contributed by atoms with Gasteiger partial charge in [-0.05, 0) is 6.42 Å². The Balaban J connectivity index is 1.88. The van der Waals surface area contributed by atoms with Gasteiger partial charge in [-0.2, -0.15) is 0 Å². The number of rotatable bonds is 14. The lowest BCUT2D eigenvalue weighted by Crippen LogP contribution is -2.59. The van der Waals surface area contributed by atoms with Crippen molar-refractivity contribution >= 4 is 0 Å². The van der Waals surface area contributed by atoms with Crippen LogP contribution in [0.3, 0.4) is 0 Å². The molecule has 0 aliphatic carbocycles. The van der Waals surface area contributed by atoms with Gasteiger partial charge in [-0.15, -0.1) is 0 Å². The van der Waals surface area contributed by atoms with E-state index < -0.39 is 73.9 Å². The zero-order valence-electron chi connectivity index (χ0n) is 19.2. The Morgan fingerprint density at radius 1 is 0.758 bits per heavy atom. The Bertz CT molecular complexity index is 585. The standard InChI is InChI=1S/C22H40O11/c1-2-3-4-5-6-7-8-9-10-30-21-19(29)17(27)20(14(12-24)32-21)33-22-18(28)16(26)15(25)13(11-23)31-22/h13-16,18-19,21-29H,2-12H2,1H3/t13-,14-,15-,16+,18-,19-,21-,22-/m1/s1. The predicted octanol–water partition coefficient (Wildman–Crippen LogP) is -0.192. The van der Waals surface area contributed by atoms with E-state index in [4.69, 9.17) is 18.9 Å². The molecule has 0 radical (unpaired) electrons. The summed E-state index contributed by atoms with van der Waals surface area (Å²) in [5.41, 5.74) is 0. The quantitative estimate of drug-likeness (QED) is 0.164. The Kier molecular flexibility index (Phi) is 12.3. The van der Waals surface area contributed by atoms with E-state index in [1.165, 1.54) is 25.7 Å². The molecule has 11 heteroatoms. The van der Waals surface area contributed by atoms with Crippen molar-refractivity contribution in [2.75, 3.05) is 19.8 Å². The summed E-state index contributed by atoms with van der Waals surface area (Å²) in [5, 5.41) is 69.7. The van der Waals surface area contributed by atoms with Crippen LogP contribution in [-0.2, 0) is 18.9 Å². The van der Waals surface area contributed by atoms with Crippen LogP contribution in [0.5, 0.6) is 0 Å². The summed E-state index contributed by atoms with van der Waals surface area (Å²) in [6.07, 6.45) is -2.99. The van der Waals surface area contributed by atoms with Crippen molar-refractivity contribution in [2.24, 2.45) is 0 Å². The molecule has 2 aliphatic heterocycles. The average molecular weight is 481 g/mol. The molecule has 11 nitrogen and oxygen atoms in total. The normalized spacial score (nSPS) is 35.1. The molecule has 0 aromatic heterocycles. The molecule has 8 atom stereocenters. The number of hydrogen-bond acceptors (Lipinski definition) is 11. The highest BCUT2D eigenvalue weighted by molar-refractivity contribution is 5.15. The van der Waals surface area contributed by atoms with Crippen molar-refractivity contribution < 1.29 is 54.7 Å². The fourth-order valence-corrected chi connectivity index (χ4v) is 3.86. The Hall–Kier alpha value is -1.02. The number of aliphatic hydroxyl groups excluding tert-OH is 7. The summed E-state index contributed by atoms with van der Waals surface area (Å²) in [6.45, 7) is 1.18. The lowest BCUT2D eigenvalue weighted by Gasteiger charge is -2.41. The lowest BCUT2D eigenvalue weighted by molar-refractivity contribution is -0.303. The Morgan fingerprint density at radius 3 is 2.00 bits per heavy atom. The molecular weight excluding hydrogens is 440 g/mol. The van der Waals surface area contributed by atoms with E-state index in [1.54, 1.807) is 0 Å². The second kappa shape index (κ2) is 14.4. The number of aliphatic hydroxyl groups is 7. The molecule has 33 heavy (non-hydrogen) atoms. The minimum Gasteiger partial charge on any atom is -0.506 e. The fraction of sp³-hybridized carbons (Fsp3) is 0.909. The Labute approximate surface area is 194 Å². The van der Waals surface area contributed by atoms with Gasteiger partial charge >= 0.3 is 0 Å². The van der Waals surface area contributed by atoms with Gasteiger partial charge in [0, 0.05) is 6.61 Å². The molecule has 7 N–H and O–H groups in total. The minimum atomic E-state index is -1.73. The van der Waals surface area contributed by atoms with Gasteiger partial charge in [0.05, 0.1) is 13.2 Å². The maximum atomic E-state index is 10.4. The highest BCUT2D eigenvalue weighted by atomic mass is 16.7. The van der Waals surface area contributed by atoms with Crippen LogP contribution in [0.4, 0.5) is 0 Å². The molecule has 0 spiro atoms. The van der Waals surface area contributed by atoms with Crippen LogP contribution < -0.4 is 0 Å². The van der Waals surface area contributed by atoms with E-state index in [0.29, 0.717) is 6.61 Å². The second-order valence-electron chi connectivity index (χ2n) is 8.53. The van der Waals surface area contributed by atoms with Crippen molar-refractivity contribution in [3.8, 4) is 0 Å². The molecule has 1 fully saturated rings. The van der Waals surface area contributed by atoms with Crippen LogP contribution in [0.1, 0.15) is 58.3 Å². The van der Waals surface area contributed by atoms with Crippen LogP contribution in [0.2, 0.25) is 0 Å². The third-order valence-corrected chi connectivity index (χ3v) is 5.92. The summed E-state index contributed by atoms with van der Waals surface area (Å²) in [6, 6.07) is 0. The summed E-state index contributed by atoms with van der Waals surface area (Å²) >= 11 is 0. The first-order valence-electron chi connectivity index (χ1n) is 11.8. The van der Waals surface area contributed by atoms with Crippen LogP contribution >= 0.6 is 0 Å². The molecule has 2 rings (SSSR count). The molecule has 0 bridgehead atoms. The van der Waals surface area contributed by atoms with E-state index in [9.17, 15) is 35.7 Å². The largest absolute Gasteiger partial charge is 0.506 e. The number of ether oxygens (including phenoxy) is 4. The van der Waals surface area contributed by atoms with Gasteiger partial charge < -0.3 is 54.7 Å².